The van der Waals surface area contributed by atoms with Crippen molar-refractivity contribution in [3.63, 3.8) is 0 Å². The number of carbonyl (C=O) groups excluding carboxylic acids is 1. The molecule has 0 unspecified atom stereocenters. The third-order valence-electron chi connectivity index (χ3n) is 4.35. The molecule has 3 rings (SSSR count). The van der Waals surface area contributed by atoms with Crippen molar-refractivity contribution < 1.29 is 22.0 Å². The highest BCUT2D eigenvalue weighted by molar-refractivity contribution is 7.92. The van der Waals surface area contributed by atoms with Crippen molar-refractivity contribution in [3.05, 3.63) is 59.7 Å². The fraction of sp³-hybridized carbons (Fsp3) is 0.278. The molecular formula is C18H18F2N2O3S. The molecule has 0 aliphatic carbocycles. The number of halogens is 2. The maximum atomic E-state index is 13.5. The average Bonchev–Trinajstić information content (AvgIpc) is 2.90. The number of rotatable bonds is 4. The molecule has 8 heteroatoms. The fourth-order valence-corrected chi connectivity index (χ4v) is 4.03. The highest BCUT2D eigenvalue weighted by Crippen LogP contribution is 2.32. The zero-order valence-corrected chi connectivity index (χ0v) is 15.1. The Morgan fingerprint density at radius 1 is 1.19 bits per heavy atom. The van der Waals surface area contributed by atoms with E-state index in [-0.39, 0.29) is 11.7 Å². The van der Waals surface area contributed by atoms with Gasteiger partial charge in [-0.15, -0.1) is 0 Å². The SMILES string of the molecule is C[C@@H]1Cc2ccccc2N1C(=O)CN(c1ccc(F)c(F)c1)S(C)(=O)=O. The van der Waals surface area contributed by atoms with Gasteiger partial charge in [0.05, 0.1) is 11.9 Å². The number of hydrogen-bond acceptors (Lipinski definition) is 3. The van der Waals surface area contributed by atoms with Crippen LogP contribution in [0.25, 0.3) is 0 Å². The Morgan fingerprint density at radius 3 is 2.54 bits per heavy atom. The van der Waals surface area contributed by atoms with Crippen molar-refractivity contribution in [3.8, 4) is 0 Å². The molecule has 26 heavy (non-hydrogen) atoms. The van der Waals surface area contributed by atoms with E-state index < -0.39 is 34.1 Å². The Bertz CT molecular complexity index is 963. The topological polar surface area (TPSA) is 57.7 Å². The van der Waals surface area contributed by atoms with E-state index in [2.05, 4.69) is 0 Å². The molecule has 1 heterocycles. The number of amides is 1. The summed E-state index contributed by atoms with van der Waals surface area (Å²) < 4.78 is 51.8. The van der Waals surface area contributed by atoms with Gasteiger partial charge in [0.25, 0.3) is 0 Å². The van der Waals surface area contributed by atoms with Crippen molar-refractivity contribution in [1.82, 2.24) is 0 Å². The van der Waals surface area contributed by atoms with E-state index >= 15 is 0 Å². The molecule has 1 aliphatic heterocycles. The number of fused-ring (bicyclic) bond motifs is 1. The van der Waals surface area contributed by atoms with Crippen molar-refractivity contribution in [2.24, 2.45) is 0 Å². The molecule has 0 saturated heterocycles. The molecule has 138 valence electrons. The molecule has 1 aliphatic rings. The second kappa shape index (κ2) is 6.68. The zero-order valence-electron chi connectivity index (χ0n) is 14.3. The van der Waals surface area contributed by atoms with Crippen LogP contribution in [0.4, 0.5) is 20.2 Å². The lowest BCUT2D eigenvalue weighted by molar-refractivity contribution is -0.117. The van der Waals surface area contributed by atoms with Crippen LogP contribution in [-0.2, 0) is 21.2 Å². The minimum atomic E-state index is -3.87. The molecule has 1 atom stereocenters. The molecule has 0 aromatic heterocycles. The molecular weight excluding hydrogens is 362 g/mol. The third kappa shape index (κ3) is 3.41. The van der Waals surface area contributed by atoms with Crippen LogP contribution in [0.5, 0.6) is 0 Å². The summed E-state index contributed by atoms with van der Waals surface area (Å²) in [6.45, 7) is 1.38. The molecule has 0 saturated carbocycles. The van der Waals surface area contributed by atoms with E-state index in [0.717, 1.165) is 40.0 Å². The summed E-state index contributed by atoms with van der Waals surface area (Å²) in [5, 5.41) is 0. The first-order valence-corrected chi connectivity index (χ1v) is 9.86. The molecule has 5 nitrogen and oxygen atoms in total. The van der Waals surface area contributed by atoms with Gasteiger partial charge in [-0.2, -0.15) is 0 Å². The monoisotopic (exact) mass is 380 g/mol. The summed E-state index contributed by atoms with van der Waals surface area (Å²) in [4.78, 5) is 14.4. The second-order valence-electron chi connectivity index (χ2n) is 6.31. The number of sulfonamides is 1. The van der Waals surface area contributed by atoms with Crippen LogP contribution in [0.1, 0.15) is 12.5 Å². The number of benzene rings is 2. The summed E-state index contributed by atoms with van der Waals surface area (Å²) in [7, 11) is -3.87. The quantitative estimate of drug-likeness (QED) is 0.820. The maximum Gasteiger partial charge on any atom is 0.248 e. The number of para-hydroxylation sites is 1. The number of carbonyl (C=O) groups is 1. The molecule has 2 aromatic rings. The number of nitrogens with zero attached hydrogens (tertiary/aromatic N) is 2. The van der Waals surface area contributed by atoms with Gasteiger partial charge in [0.1, 0.15) is 6.54 Å². The van der Waals surface area contributed by atoms with Gasteiger partial charge >= 0.3 is 0 Å². The molecule has 1 amide bonds. The molecule has 0 bridgehead atoms. The number of anilines is 2. The van der Waals surface area contributed by atoms with Gasteiger partial charge in [0, 0.05) is 17.8 Å². The van der Waals surface area contributed by atoms with E-state index in [1.165, 1.54) is 0 Å². The Hall–Kier alpha value is -2.48. The highest BCUT2D eigenvalue weighted by atomic mass is 32.2. The first kappa shape index (κ1) is 18.3. The van der Waals surface area contributed by atoms with Gasteiger partial charge in [0.15, 0.2) is 11.6 Å². The first-order chi connectivity index (χ1) is 12.2. The van der Waals surface area contributed by atoms with Crippen LogP contribution in [0.2, 0.25) is 0 Å². The predicted octanol–water partition coefficient (Wildman–Crippen LogP) is 2.71. The summed E-state index contributed by atoms with van der Waals surface area (Å²) in [5.41, 5.74) is 1.65. The minimum absolute atomic E-state index is 0.0973. The Kier molecular flexibility index (Phi) is 4.70. The Morgan fingerprint density at radius 2 is 1.88 bits per heavy atom. The maximum absolute atomic E-state index is 13.5. The standard InChI is InChI=1S/C18H18F2N2O3S/c1-12-9-13-5-3-4-6-17(13)22(12)18(23)11-21(26(2,24)25)14-7-8-15(19)16(20)10-14/h3-8,10,12H,9,11H2,1-2H3/t12-/m1/s1. The lowest BCUT2D eigenvalue weighted by Crippen LogP contribution is -2.45. The van der Waals surface area contributed by atoms with Crippen LogP contribution >= 0.6 is 0 Å². The lowest BCUT2D eigenvalue weighted by Gasteiger charge is -2.28. The zero-order chi connectivity index (χ0) is 19.1. The first-order valence-electron chi connectivity index (χ1n) is 8.01. The highest BCUT2D eigenvalue weighted by Gasteiger charge is 2.33. The van der Waals surface area contributed by atoms with Crippen LogP contribution in [0, 0.1) is 11.6 Å². The smallest absolute Gasteiger partial charge is 0.248 e. The van der Waals surface area contributed by atoms with Crippen LogP contribution in [-0.4, -0.2) is 33.2 Å². The minimum Gasteiger partial charge on any atom is -0.307 e. The lowest BCUT2D eigenvalue weighted by atomic mass is 10.1. The predicted molar refractivity (Wildman–Crippen MR) is 95.6 cm³/mol. The molecule has 0 N–H and O–H groups in total. The molecule has 0 fully saturated rings. The Labute approximate surface area is 150 Å². The third-order valence-corrected chi connectivity index (χ3v) is 5.49. The van der Waals surface area contributed by atoms with Gasteiger partial charge in [-0.05, 0) is 37.1 Å². The van der Waals surface area contributed by atoms with Crippen molar-refractivity contribution >= 4 is 27.3 Å². The molecule has 0 spiro atoms. The second-order valence-corrected chi connectivity index (χ2v) is 8.22. The fourth-order valence-electron chi connectivity index (χ4n) is 3.18. The van der Waals surface area contributed by atoms with E-state index in [1.54, 1.807) is 17.0 Å². The van der Waals surface area contributed by atoms with Crippen molar-refractivity contribution in [2.45, 2.75) is 19.4 Å². The van der Waals surface area contributed by atoms with E-state index in [1.807, 2.05) is 19.1 Å². The van der Waals surface area contributed by atoms with Gasteiger partial charge in [-0.1, -0.05) is 18.2 Å². The summed E-state index contributed by atoms with van der Waals surface area (Å²) >= 11 is 0. The number of hydrogen-bond donors (Lipinski definition) is 0. The summed E-state index contributed by atoms with van der Waals surface area (Å²) in [5.74, 6) is -2.70. The normalized spacial score (nSPS) is 16.5. The van der Waals surface area contributed by atoms with Crippen LogP contribution in [0.3, 0.4) is 0 Å². The average molecular weight is 380 g/mol. The van der Waals surface area contributed by atoms with Gasteiger partial charge in [-0.25, -0.2) is 17.2 Å². The van der Waals surface area contributed by atoms with E-state index in [0.29, 0.717) is 6.42 Å². The Balaban J connectivity index is 1.93. The molecule has 2 aromatic carbocycles. The van der Waals surface area contributed by atoms with E-state index in [9.17, 15) is 22.0 Å². The van der Waals surface area contributed by atoms with Gasteiger partial charge < -0.3 is 4.90 Å². The van der Waals surface area contributed by atoms with Crippen LogP contribution in [0.15, 0.2) is 42.5 Å². The summed E-state index contributed by atoms with van der Waals surface area (Å²) in [6.07, 6.45) is 1.59. The van der Waals surface area contributed by atoms with Gasteiger partial charge in [-0.3, -0.25) is 9.10 Å². The summed E-state index contributed by atoms with van der Waals surface area (Å²) in [6, 6.07) is 10.0. The van der Waals surface area contributed by atoms with E-state index in [4.69, 9.17) is 0 Å². The largest absolute Gasteiger partial charge is 0.307 e. The van der Waals surface area contributed by atoms with Crippen molar-refractivity contribution in [1.29, 1.82) is 0 Å². The van der Waals surface area contributed by atoms with Crippen molar-refractivity contribution in [2.75, 3.05) is 22.0 Å². The van der Waals surface area contributed by atoms with Gasteiger partial charge in [0.2, 0.25) is 15.9 Å². The molecule has 0 radical (unpaired) electrons. The van der Waals surface area contributed by atoms with Crippen LogP contribution < -0.4 is 9.21 Å².